The van der Waals surface area contributed by atoms with Gasteiger partial charge in [-0.1, -0.05) is 0 Å². The maximum absolute atomic E-state index is 8.89. The first-order valence-electron chi connectivity index (χ1n) is 12.3. The van der Waals surface area contributed by atoms with Gasteiger partial charge in [-0.2, -0.15) is 0 Å². The minimum absolute atomic E-state index is 0.137. The van der Waals surface area contributed by atoms with Crippen LogP contribution >= 0.6 is 23.8 Å². The fourth-order valence-corrected chi connectivity index (χ4v) is 6.75. The SMILES string of the molecule is CC(=O)[O-].CC(=O)[O-].CC(=O)[O-].CC[PH+](CC)CC.CC[PH+](CC)CC.CC[PH+](CC)CC. The second kappa shape index (κ2) is 41.9. The molecule has 0 aromatic heterocycles. The van der Waals surface area contributed by atoms with Crippen LogP contribution in [0.25, 0.3) is 0 Å². The Labute approximate surface area is 210 Å². The van der Waals surface area contributed by atoms with Crippen LogP contribution in [0.3, 0.4) is 0 Å². The Morgan fingerprint density at radius 3 is 0.455 bits per heavy atom. The number of carbonyl (C=O) groups excluding carboxylic acids is 3. The fourth-order valence-electron chi connectivity index (χ4n) is 2.25. The van der Waals surface area contributed by atoms with Gasteiger partial charge in [0.25, 0.3) is 0 Å². The molecule has 0 saturated carbocycles. The number of rotatable bonds is 9. The Bertz CT molecular complexity index is 299. The van der Waals surface area contributed by atoms with Crippen LogP contribution in [0.1, 0.15) is 83.1 Å². The van der Waals surface area contributed by atoms with E-state index in [2.05, 4.69) is 62.3 Å². The third-order valence-corrected chi connectivity index (χ3v) is 13.5. The lowest BCUT2D eigenvalue weighted by Crippen LogP contribution is -2.16. The average Bonchev–Trinajstić information content (AvgIpc) is 2.72. The molecule has 6 nitrogen and oxygen atoms in total. The number of carboxylic acid groups (broad SMARTS) is 3. The van der Waals surface area contributed by atoms with Crippen molar-refractivity contribution in [2.45, 2.75) is 83.1 Å². The van der Waals surface area contributed by atoms with Crippen LogP contribution in [0.2, 0.25) is 0 Å². The predicted octanol–water partition coefficient (Wildman–Crippen LogP) is 3.05. The second-order valence-electron chi connectivity index (χ2n) is 6.91. The quantitative estimate of drug-likeness (QED) is 0.419. The number of hydrogen-bond donors (Lipinski definition) is 0. The summed E-state index contributed by atoms with van der Waals surface area (Å²) in [5, 5.41) is 26.7. The molecule has 0 bridgehead atoms. The van der Waals surface area contributed by atoms with E-state index >= 15 is 0 Å². The van der Waals surface area contributed by atoms with Gasteiger partial charge in [0.2, 0.25) is 0 Å². The van der Waals surface area contributed by atoms with E-state index in [1.54, 1.807) is 0 Å². The van der Waals surface area contributed by atoms with Crippen molar-refractivity contribution in [1.29, 1.82) is 0 Å². The summed E-state index contributed by atoms with van der Waals surface area (Å²) in [6.07, 6.45) is 13.1. The summed E-state index contributed by atoms with van der Waals surface area (Å²) in [7, 11) is 0.412. The highest BCUT2D eigenvalue weighted by Gasteiger charge is 2.04. The van der Waals surface area contributed by atoms with Gasteiger partial charge in [0.05, 0.1) is 55.5 Å². The van der Waals surface area contributed by atoms with Gasteiger partial charge in [-0.05, 0) is 107 Å². The molecule has 0 saturated heterocycles. The molecule has 0 aliphatic heterocycles. The molecule has 0 fully saturated rings. The molecule has 0 atom stereocenters. The number of carboxylic acids is 3. The van der Waals surface area contributed by atoms with E-state index in [0.29, 0.717) is 0 Å². The van der Waals surface area contributed by atoms with Crippen molar-refractivity contribution in [3.63, 3.8) is 0 Å². The summed E-state index contributed by atoms with van der Waals surface area (Å²) in [6, 6.07) is 0. The Kier molecular flexibility index (Phi) is 58.5. The van der Waals surface area contributed by atoms with Crippen LogP contribution in [0.4, 0.5) is 0 Å². The molecule has 0 aromatic rings. The van der Waals surface area contributed by atoms with Gasteiger partial charge in [0.1, 0.15) is 0 Å². The third-order valence-electron chi connectivity index (χ3n) is 4.50. The summed E-state index contributed by atoms with van der Waals surface area (Å²) in [5.41, 5.74) is 0. The lowest BCUT2D eigenvalue weighted by atomic mass is 10.9. The van der Waals surface area contributed by atoms with Crippen molar-refractivity contribution in [2.24, 2.45) is 0 Å². The Morgan fingerprint density at radius 2 is 0.455 bits per heavy atom. The van der Waals surface area contributed by atoms with Crippen molar-refractivity contribution in [1.82, 2.24) is 0 Å². The Hall–Kier alpha value is -0.300. The molecule has 9 heteroatoms. The zero-order valence-electron chi connectivity index (χ0n) is 23.8. The summed E-state index contributed by atoms with van der Waals surface area (Å²) >= 11 is 0. The zero-order chi connectivity index (χ0) is 27.8. The average molecular weight is 535 g/mol. The molecule has 0 amide bonds. The summed E-state index contributed by atoms with van der Waals surface area (Å²) < 4.78 is 0. The maximum atomic E-state index is 8.89. The predicted molar refractivity (Wildman–Crippen MR) is 152 cm³/mol. The molecule has 0 aromatic carbocycles. The largest absolute Gasteiger partial charge is 0.550 e. The first-order chi connectivity index (χ1) is 15.2. The molecule has 0 unspecified atom stereocenters. The molecule has 0 radical (unpaired) electrons. The molecule has 0 aliphatic rings. The van der Waals surface area contributed by atoms with E-state index < -0.39 is 17.9 Å². The van der Waals surface area contributed by atoms with E-state index in [1.807, 2.05) is 0 Å². The fraction of sp³-hybridized carbons (Fsp3) is 0.875. The molecule has 0 N–H and O–H groups in total. The first kappa shape index (κ1) is 46.1. The normalized spacial score (nSPS) is 8.82. The van der Waals surface area contributed by atoms with Gasteiger partial charge >= 0.3 is 0 Å². The molecule has 33 heavy (non-hydrogen) atoms. The van der Waals surface area contributed by atoms with Gasteiger partial charge in [-0.25, -0.2) is 0 Å². The second-order valence-corrected chi connectivity index (χ2v) is 17.8. The van der Waals surface area contributed by atoms with Crippen LogP contribution in [0, 0.1) is 0 Å². The number of aliphatic carboxylic acids is 3. The highest BCUT2D eigenvalue weighted by atomic mass is 31.1. The smallest absolute Gasteiger partial charge is 0.0543 e. The molecule has 0 spiro atoms. The topological polar surface area (TPSA) is 120 Å². The standard InChI is InChI=1S/3C6H15P.3C2H4O2/c3*1-4-7(5-2)6-3;3*1-2(3)4/h3*4-6H2,1-3H3;3*1H3,(H,3,4). The van der Waals surface area contributed by atoms with Crippen LogP contribution in [0.5, 0.6) is 0 Å². The van der Waals surface area contributed by atoms with Crippen LogP contribution in [-0.4, -0.2) is 73.4 Å². The molecule has 0 heterocycles. The molecular weight excluding hydrogens is 477 g/mol. The van der Waals surface area contributed by atoms with Crippen LogP contribution in [-0.2, 0) is 14.4 Å². The van der Waals surface area contributed by atoms with Gasteiger partial charge in [-0.15, -0.1) is 0 Å². The third kappa shape index (κ3) is 89.3. The molecule has 204 valence electrons. The number of hydrogen-bond acceptors (Lipinski definition) is 6. The first-order valence-corrected chi connectivity index (χ1v) is 18.6. The van der Waals surface area contributed by atoms with E-state index in [1.165, 1.54) is 55.5 Å². The lowest BCUT2D eigenvalue weighted by Gasteiger charge is -1.98. The lowest BCUT2D eigenvalue weighted by molar-refractivity contribution is -0.303. The van der Waals surface area contributed by atoms with Crippen molar-refractivity contribution >= 4 is 41.7 Å². The van der Waals surface area contributed by atoms with E-state index in [-0.39, 0.29) is 23.8 Å². The minimum Gasteiger partial charge on any atom is -0.550 e. The highest BCUT2D eigenvalue weighted by Crippen LogP contribution is 2.33. The maximum Gasteiger partial charge on any atom is 0.0543 e. The van der Waals surface area contributed by atoms with Crippen LogP contribution < -0.4 is 15.3 Å². The highest BCUT2D eigenvalue weighted by molar-refractivity contribution is 7.58. The van der Waals surface area contributed by atoms with Crippen molar-refractivity contribution < 1.29 is 29.7 Å². The van der Waals surface area contributed by atoms with Gasteiger partial charge < -0.3 is 29.7 Å². The summed E-state index contributed by atoms with van der Waals surface area (Å²) in [6.45, 7) is 23.7. The molecule has 0 rings (SSSR count). The van der Waals surface area contributed by atoms with Crippen LogP contribution in [0.15, 0.2) is 0 Å². The minimum atomic E-state index is -1.08. The molecular formula is C24H57O6P3. The zero-order valence-corrected chi connectivity index (χ0v) is 26.8. The summed E-state index contributed by atoms with van der Waals surface area (Å²) in [4.78, 5) is 26.7. The van der Waals surface area contributed by atoms with Crippen molar-refractivity contribution in [3.8, 4) is 0 Å². The monoisotopic (exact) mass is 534 g/mol. The van der Waals surface area contributed by atoms with Crippen molar-refractivity contribution in [3.05, 3.63) is 0 Å². The summed E-state index contributed by atoms with van der Waals surface area (Å²) in [5.74, 6) is -3.25. The van der Waals surface area contributed by atoms with E-state index in [9.17, 15) is 0 Å². The number of carbonyl (C=O) groups is 3. The van der Waals surface area contributed by atoms with Gasteiger partial charge in [0.15, 0.2) is 0 Å². The van der Waals surface area contributed by atoms with Gasteiger partial charge in [-0.3, -0.25) is 0 Å². The Morgan fingerprint density at radius 1 is 0.394 bits per heavy atom. The molecule has 0 aliphatic carbocycles. The van der Waals surface area contributed by atoms with Gasteiger partial charge in [0, 0.05) is 17.9 Å². The van der Waals surface area contributed by atoms with E-state index in [0.717, 1.165) is 20.8 Å². The van der Waals surface area contributed by atoms with Crippen molar-refractivity contribution in [2.75, 3.05) is 55.5 Å². The van der Waals surface area contributed by atoms with E-state index in [4.69, 9.17) is 29.7 Å². The Balaban J connectivity index is -0.0000000677.